The van der Waals surface area contributed by atoms with Gasteiger partial charge in [-0.2, -0.15) is 0 Å². The molecule has 68 valence electrons. The lowest BCUT2D eigenvalue weighted by molar-refractivity contribution is -0.417. The van der Waals surface area contributed by atoms with E-state index < -0.39 is 0 Å². The van der Waals surface area contributed by atoms with Gasteiger partial charge in [-0.25, -0.2) is 0 Å². The van der Waals surface area contributed by atoms with E-state index in [9.17, 15) is 0 Å². The van der Waals surface area contributed by atoms with E-state index in [1.165, 1.54) is 24.0 Å². The van der Waals surface area contributed by atoms with Crippen molar-refractivity contribution in [1.82, 2.24) is 0 Å². The third kappa shape index (κ3) is 1.80. The van der Waals surface area contributed by atoms with Gasteiger partial charge in [0.1, 0.15) is 0 Å². The molecule has 13 heavy (non-hydrogen) atoms. The summed E-state index contributed by atoms with van der Waals surface area (Å²) in [5, 5.41) is 0. The van der Waals surface area contributed by atoms with E-state index in [1.807, 2.05) is 12.2 Å². The Morgan fingerprint density at radius 3 is 2.31 bits per heavy atom. The van der Waals surface area contributed by atoms with E-state index >= 15 is 0 Å². The van der Waals surface area contributed by atoms with Gasteiger partial charge in [-0.1, -0.05) is 5.57 Å². The summed E-state index contributed by atoms with van der Waals surface area (Å²) in [6, 6.07) is 0. The zero-order chi connectivity index (χ0) is 9.26. The van der Waals surface area contributed by atoms with Crippen LogP contribution in [0.2, 0.25) is 0 Å². The molecule has 0 N–H and O–H groups in total. The topological polar surface area (TPSA) is 11.3 Å². The lowest BCUT2D eigenvalue weighted by Crippen LogP contribution is -1.97. The maximum absolute atomic E-state index is 5.12. The molecule has 0 radical (unpaired) electrons. The van der Waals surface area contributed by atoms with Crippen molar-refractivity contribution in [3.63, 3.8) is 0 Å². The Labute approximate surface area is 79.2 Å². The summed E-state index contributed by atoms with van der Waals surface area (Å²) in [5.41, 5.74) is 2.89. The van der Waals surface area contributed by atoms with Gasteiger partial charge in [0.25, 0.3) is 7.11 Å². The molecule has 2 aliphatic carbocycles. The standard InChI is InChI=1S/C12H15O/c1-9(10-3-4-10)11-5-7-12(13-2)8-6-11/h5-8,10H,3-4H2,1-2H3/q+1. The molecule has 0 unspecified atom stereocenters. The molecule has 1 heteroatoms. The summed E-state index contributed by atoms with van der Waals surface area (Å²) < 4.78 is 5.12. The van der Waals surface area contributed by atoms with E-state index in [0.717, 1.165) is 11.7 Å². The molecule has 0 atom stereocenters. The molecule has 1 saturated carbocycles. The molecule has 2 rings (SSSR count). The summed E-state index contributed by atoms with van der Waals surface area (Å²) in [6.45, 7) is 2.24. The average molecular weight is 175 g/mol. The summed E-state index contributed by atoms with van der Waals surface area (Å²) >= 11 is 0. The second-order valence-electron chi connectivity index (χ2n) is 3.69. The molecular formula is C12H15O+. The van der Waals surface area contributed by atoms with Crippen molar-refractivity contribution in [1.29, 1.82) is 0 Å². The Balaban J connectivity index is 2.21. The van der Waals surface area contributed by atoms with Crippen LogP contribution in [0.4, 0.5) is 0 Å². The van der Waals surface area contributed by atoms with E-state index in [4.69, 9.17) is 4.42 Å². The largest absolute Gasteiger partial charge is 0.343 e. The Hall–Kier alpha value is -1.11. The van der Waals surface area contributed by atoms with Crippen LogP contribution in [0.15, 0.2) is 35.5 Å². The zero-order valence-corrected chi connectivity index (χ0v) is 8.21. The number of rotatable bonds is 1. The lowest BCUT2D eigenvalue weighted by Gasteiger charge is -2.03. The number of hydrogen-bond donors (Lipinski definition) is 0. The highest BCUT2D eigenvalue weighted by atomic mass is 16.4. The van der Waals surface area contributed by atoms with Crippen LogP contribution in [0, 0.1) is 5.92 Å². The summed E-state index contributed by atoms with van der Waals surface area (Å²) in [7, 11) is 1.70. The molecule has 1 fully saturated rings. The van der Waals surface area contributed by atoms with Crippen LogP contribution in [0.1, 0.15) is 19.8 Å². The van der Waals surface area contributed by atoms with Gasteiger partial charge in [-0.3, -0.25) is 4.42 Å². The molecule has 1 nitrogen and oxygen atoms in total. The number of hydrogen-bond acceptors (Lipinski definition) is 0. The first-order valence-corrected chi connectivity index (χ1v) is 4.79. The second kappa shape index (κ2) is 3.33. The number of allylic oxidation sites excluding steroid dienone is 6. The molecule has 0 aromatic carbocycles. The van der Waals surface area contributed by atoms with E-state index in [1.54, 1.807) is 7.11 Å². The van der Waals surface area contributed by atoms with Gasteiger partial charge in [-0.15, -0.1) is 0 Å². The first-order valence-electron chi connectivity index (χ1n) is 4.79. The van der Waals surface area contributed by atoms with Crippen LogP contribution in [-0.2, 0) is 4.42 Å². The first-order chi connectivity index (χ1) is 6.31. The smallest absolute Gasteiger partial charge is 0.258 e. The first kappa shape index (κ1) is 8.49. The fourth-order valence-electron chi connectivity index (χ4n) is 1.61. The minimum atomic E-state index is 0.855. The fourth-order valence-corrected chi connectivity index (χ4v) is 1.61. The Kier molecular flexibility index (Phi) is 2.17. The van der Waals surface area contributed by atoms with Gasteiger partial charge in [0.05, 0.1) is 0 Å². The Morgan fingerprint density at radius 2 is 1.85 bits per heavy atom. The SMILES string of the molecule is C[O+]=C1C=CC(=C(C)C2CC2)C=C1. The van der Waals surface area contributed by atoms with Gasteiger partial charge >= 0.3 is 5.78 Å². The predicted octanol–water partition coefficient (Wildman–Crippen LogP) is 2.57. The lowest BCUT2D eigenvalue weighted by atomic mass is 10.0. The van der Waals surface area contributed by atoms with Crippen LogP contribution in [0.25, 0.3) is 0 Å². The van der Waals surface area contributed by atoms with Crippen molar-refractivity contribution in [2.45, 2.75) is 19.8 Å². The Bertz CT molecular complexity index is 307. The maximum Gasteiger partial charge on any atom is 0.343 e. The summed E-state index contributed by atoms with van der Waals surface area (Å²) in [5.74, 6) is 1.79. The van der Waals surface area contributed by atoms with Crippen molar-refractivity contribution < 1.29 is 4.42 Å². The fraction of sp³-hybridized carbons (Fsp3) is 0.417. The summed E-state index contributed by atoms with van der Waals surface area (Å²) in [6.07, 6.45) is 11.1. The highest BCUT2D eigenvalue weighted by Gasteiger charge is 2.24. The molecule has 0 heterocycles. The van der Waals surface area contributed by atoms with Gasteiger partial charge in [0, 0.05) is 12.2 Å². The monoisotopic (exact) mass is 175 g/mol. The quantitative estimate of drug-likeness (QED) is 0.543. The molecule has 0 amide bonds. The van der Waals surface area contributed by atoms with Crippen molar-refractivity contribution >= 4 is 5.78 Å². The van der Waals surface area contributed by atoms with Crippen molar-refractivity contribution in [3.05, 3.63) is 35.5 Å². The predicted molar refractivity (Wildman–Crippen MR) is 54.6 cm³/mol. The average Bonchev–Trinajstić information content (AvgIpc) is 3.00. The van der Waals surface area contributed by atoms with Crippen LogP contribution < -0.4 is 0 Å². The van der Waals surface area contributed by atoms with Gasteiger partial charge in [-0.05, 0) is 43.4 Å². The van der Waals surface area contributed by atoms with Gasteiger partial charge < -0.3 is 0 Å². The van der Waals surface area contributed by atoms with Crippen LogP contribution in [-0.4, -0.2) is 12.9 Å². The molecule has 0 spiro atoms. The normalized spacial score (nSPS) is 20.8. The molecule has 0 aromatic rings. The molecule has 0 aromatic heterocycles. The van der Waals surface area contributed by atoms with Crippen LogP contribution >= 0.6 is 0 Å². The maximum atomic E-state index is 5.12. The van der Waals surface area contributed by atoms with Crippen molar-refractivity contribution in [3.8, 4) is 0 Å². The minimum Gasteiger partial charge on any atom is -0.258 e. The van der Waals surface area contributed by atoms with E-state index in [0.29, 0.717) is 0 Å². The molecule has 2 aliphatic rings. The highest BCUT2D eigenvalue weighted by molar-refractivity contribution is 6.01. The third-order valence-electron chi connectivity index (χ3n) is 2.74. The third-order valence-corrected chi connectivity index (χ3v) is 2.74. The molecule has 0 bridgehead atoms. The summed E-state index contributed by atoms with van der Waals surface area (Å²) in [4.78, 5) is 0. The van der Waals surface area contributed by atoms with Crippen molar-refractivity contribution in [2.75, 3.05) is 7.11 Å². The van der Waals surface area contributed by atoms with Crippen LogP contribution in [0.3, 0.4) is 0 Å². The number of ketones is 1. The van der Waals surface area contributed by atoms with Crippen LogP contribution in [0.5, 0.6) is 0 Å². The van der Waals surface area contributed by atoms with Crippen molar-refractivity contribution in [2.24, 2.45) is 5.92 Å². The molecule has 0 aliphatic heterocycles. The van der Waals surface area contributed by atoms with Gasteiger partial charge in [0.2, 0.25) is 0 Å². The van der Waals surface area contributed by atoms with E-state index in [2.05, 4.69) is 19.1 Å². The Morgan fingerprint density at radius 1 is 1.23 bits per heavy atom. The zero-order valence-electron chi connectivity index (χ0n) is 8.21. The molecule has 0 saturated heterocycles. The number of carbonyl (C=O) groups excluding carboxylic acids is 1. The highest BCUT2D eigenvalue weighted by Crippen LogP contribution is 2.38. The molecular weight excluding hydrogens is 160 g/mol. The minimum absolute atomic E-state index is 0.855. The van der Waals surface area contributed by atoms with Gasteiger partial charge in [0.15, 0.2) is 0 Å². The van der Waals surface area contributed by atoms with E-state index in [-0.39, 0.29) is 0 Å². The second-order valence-corrected chi connectivity index (χ2v) is 3.69.